The van der Waals surface area contributed by atoms with E-state index in [4.69, 9.17) is 14.2 Å². The fourth-order valence-corrected chi connectivity index (χ4v) is 2.18. The lowest BCUT2D eigenvalue weighted by Crippen LogP contribution is -2.39. The number of aliphatic imine (C=N–C) groups is 1. The molecular formula is C19H34IN3O3. The molecule has 0 heterocycles. The van der Waals surface area contributed by atoms with E-state index in [0.717, 1.165) is 57.3 Å². The van der Waals surface area contributed by atoms with Crippen LogP contribution in [0.3, 0.4) is 0 Å². The standard InChI is InChI=1S/C19H33N3O3.HI/c1-4-12-25-18-8-5-7-17(16-18)9-11-22-19(20-2)21-10-6-13-24-15-14-23-3;/h5,7-8,16H,4,6,9-15H2,1-3H3,(H2,20,21,22);1H. The van der Waals surface area contributed by atoms with Crippen molar-refractivity contribution in [1.82, 2.24) is 10.6 Å². The summed E-state index contributed by atoms with van der Waals surface area (Å²) in [6.07, 6.45) is 2.87. The lowest BCUT2D eigenvalue weighted by atomic mass is 10.1. The Labute approximate surface area is 175 Å². The Balaban J connectivity index is 0.00000625. The van der Waals surface area contributed by atoms with Crippen LogP contribution in [0.5, 0.6) is 5.75 Å². The van der Waals surface area contributed by atoms with Gasteiger partial charge in [0.25, 0.3) is 0 Å². The average molecular weight is 479 g/mol. The molecule has 1 aromatic rings. The van der Waals surface area contributed by atoms with Crippen LogP contribution in [0.15, 0.2) is 29.3 Å². The van der Waals surface area contributed by atoms with Crippen molar-refractivity contribution in [3.8, 4) is 5.75 Å². The maximum absolute atomic E-state index is 5.67. The van der Waals surface area contributed by atoms with Crippen LogP contribution in [0.4, 0.5) is 0 Å². The molecule has 1 rings (SSSR count). The number of rotatable bonds is 13. The van der Waals surface area contributed by atoms with E-state index in [1.807, 2.05) is 12.1 Å². The van der Waals surface area contributed by atoms with Crippen LogP contribution in [-0.4, -0.2) is 59.6 Å². The maximum atomic E-state index is 5.67. The predicted octanol–water partition coefficient (Wildman–Crippen LogP) is 2.85. The zero-order valence-electron chi connectivity index (χ0n) is 16.3. The minimum absolute atomic E-state index is 0. The number of nitrogens with zero attached hydrogens (tertiary/aromatic N) is 1. The molecule has 0 saturated heterocycles. The average Bonchev–Trinajstić information content (AvgIpc) is 2.64. The molecule has 0 aromatic heterocycles. The smallest absolute Gasteiger partial charge is 0.190 e. The van der Waals surface area contributed by atoms with Crippen LogP contribution in [0.25, 0.3) is 0 Å². The highest BCUT2D eigenvalue weighted by molar-refractivity contribution is 14.0. The molecule has 0 aliphatic carbocycles. The molecule has 1 aromatic carbocycles. The third-order valence-corrected chi connectivity index (χ3v) is 3.49. The van der Waals surface area contributed by atoms with Crippen molar-refractivity contribution in [2.24, 2.45) is 4.99 Å². The fraction of sp³-hybridized carbons (Fsp3) is 0.632. The zero-order chi connectivity index (χ0) is 18.2. The first-order valence-corrected chi connectivity index (χ1v) is 9.03. The van der Waals surface area contributed by atoms with Gasteiger partial charge in [0.15, 0.2) is 5.96 Å². The summed E-state index contributed by atoms with van der Waals surface area (Å²) in [5.41, 5.74) is 1.25. The summed E-state index contributed by atoms with van der Waals surface area (Å²) in [5, 5.41) is 6.62. The molecular weight excluding hydrogens is 445 g/mol. The topological polar surface area (TPSA) is 64.1 Å². The van der Waals surface area contributed by atoms with Crippen molar-refractivity contribution in [3.05, 3.63) is 29.8 Å². The summed E-state index contributed by atoms with van der Waals surface area (Å²) in [6, 6.07) is 8.26. The number of benzene rings is 1. The Kier molecular flexibility index (Phi) is 16.7. The van der Waals surface area contributed by atoms with Gasteiger partial charge in [-0.3, -0.25) is 4.99 Å². The molecule has 0 radical (unpaired) electrons. The van der Waals surface area contributed by atoms with Gasteiger partial charge in [0, 0.05) is 33.9 Å². The number of ether oxygens (including phenoxy) is 3. The summed E-state index contributed by atoms with van der Waals surface area (Å²) >= 11 is 0. The van der Waals surface area contributed by atoms with E-state index in [1.165, 1.54) is 5.56 Å². The predicted molar refractivity (Wildman–Crippen MR) is 118 cm³/mol. The quantitative estimate of drug-likeness (QED) is 0.197. The van der Waals surface area contributed by atoms with E-state index >= 15 is 0 Å². The monoisotopic (exact) mass is 479 g/mol. The Morgan fingerprint density at radius 2 is 1.88 bits per heavy atom. The summed E-state index contributed by atoms with van der Waals surface area (Å²) in [4.78, 5) is 4.23. The molecule has 2 N–H and O–H groups in total. The summed E-state index contributed by atoms with van der Waals surface area (Å²) in [5.74, 6) is 1.76. The zero-order valence-corrected chi connectivity index (χ0v) is 18.6. The van der Waals surface area contributed by atoms with Crippen molar-refractivity contribution in [2.45, 2.75) is 26.2 Å². The largest absolute Gasteiger partial charge is 0.494 e. The SMILES string of the molecule is CCCOc1cccc(CCNC(=NC)NCCCOCCOC)c1.I. The van der Waals surface area contributed by atoms with Crippen LogP contribution < -0.4 is 15.4 Å². The molecule has 0 spiro atoms. The van der Waals surface area contributed by atoms with Gasteiger partial charge in [-0.2, -0.15) is 0 Å². The van der Waals surface area contributed by atoms with Gasteiger partial charge in [0.2, 0.25) is 0 Å². The third kappa shape index (κ3) is 12.3. The van der Waals surface area contributed by atoms with Crippen LogP contribution in [0.1, 0.15) is 25.3 Å². The molecule has 150 valence electrons. The second kappa shape index (κ2) is 17.4. The van der Waals surface area contributed by atoms with Crippen LogP contribution in [0, 0.1) is 0 Å². The van der Waals surface area contributed by atoms with Crippen molar-refractivity contribution < 1.29 is 14.2 Å². The third-order valence-electron chi connectivity index (χ3n) is 3.49. The molecule has 0 aliphatic heterocycles. The van der Waals surface area contributed by atoms with Gasteiger partial charge in [-0.05, 0) is 37.0 Å². The van der Waals surface area contributed by atoms with E-state index < -0.39 is 0 Å². The molecule has 0 amide bonds. The first-order chi connectivity index (χ1) is 12.3. The maximum Gasteiger partial charge on any atom is 0.190 e. The number of hydrogen-bond acceptors (Lipinski definition) is 4. The van der Waals surface area contributed by atoms with E-state index in [0.29, 0.717) is 13.2 Å². The normalized spacial score (nSPS) is 11.0. The molecule has 7 heteroatoms. The second-order valence-electron chi connectivity index (χ2n) is 5.63. The summed E-state index contributed by atoms with van der Waals surface area (Å²) in [6.45, 7) is 6.52. The van der Waals surface area contributed by atoms with E-state index in [1.54, 1.807) is 14.2 Å². The fourth-order valence-electron chi connectivity index (χ4n) is 2.18. The molecule has 26 heavy (non-hydrogen) atoms. The number of halogens is 1. The van der Waals surface area contributed by atoms with Crippen molar-refractivity contribution in [2.75, 3.05) is 53.7 Å². The summed E-state index contributed by atoms with van der Waals surface area (Å²) in [7, 11) is 3.46. The van der Waals surface area contributed by atoms with Gasteiger partial charge in [-0.15, -0.1) is 24.0 Å². The molecule has 0 atom stereocenters. The van der Waals surface area contributed by atoms with Crippen molar-refractivity contribution >= 4 is 29.9 Å². The lowest BCUT2D eigenvalue weighted by molar-refractivity contribution is 0.0698. The highest BCUT2D eigenvalue weighted by atomic mass is 127. The number of guanidine groups is 1. The van der Waals surface area contributed by atoms with Crippen molar-refractivity contribution in [3.63, 3.8) is 0 Å². The highest BCUT2D eigenvalue weighted by Gasteiger charge is 2.00. The van der Waals surface area contributed by atoms with Gasteiger partial charge < -0.3 is 24.8 Å². The van der Waals surface area contributed by atoms with Crippen LogP contribution >= 0.6 is 24.0 Å². The van der Waals surface area contributed by atoms with Gasteiger partial charge >= 0.3 is 0 Å². The van der Waals surface area contributed by atoms with Crippen molar-refractivity contribution in [1.29, 1.82) is 0 Å². The minimum atomic E-state index is 0. The van der Waals surface area contributed by atoms with E-state index in [-0.39, 0.29) is 24.0 Å². The molecule has 0 saturated carbocycles. The van der Waals surface area contributed by atoms with Crippen LogP contribution in [0.2, 0.25) is 0 Å². The van der Waals surface area contributed by atoms with Gasteiger partial charge in [0.1, 0.15) is 5.75 Å². The second-order valence-corrected chi connectivity index (χ2v) is 5.63. The molecule has 0 unspecified atom stereocenters. The number of methoxy groups -OCH3 is 1. The Morgan fingerprint density at radius 1 is 1.08 bits per heavy atom. The summed E-state index contributed by atoms with van der Waals surface area (Å²) < 4.78 is 16.0. The van der Waals surface area contributed by atoms with Gasteiger partial charge in [0.05, 0.1) is 19.8 Å². The molecule has 0 aliphatic rings. The highest BCUT2D eigenvalue weighted by Crippen LogP contribution is 2.13. The van der Waals surface area contributed by atoms with Gasteiger partial charge in [-0.25, -0.2) is 0 Å². The molecule has 6 nitrogen and oxygen atoms in total. The molecule has 0 bridgehead atoms. The number of hydrogen-bond donors (Lipinski definition) is 2. The number of nitrogens with one attached hydrogen (secondary N) is 2. The van der Waals surface area contributed by atoms with Crippen LogP contribution in [-0.2, 0) is 15.9 Å². The van der Waals surface area contributed by atoms with E-state index in [2.05, 4.69) is 34.7 Å². The molecule has 0 fully saturated rings. The lowest BCUT2D eigenvalue weighted by Gasteiger charge is -2.12. The first kappa shape index (κ1) is 24.9. The van der Waals surface area contributed by atoms with E-state index in [9.17, 15) is 0 Å². The Bertz CT molecular complexity index is 487. The van der Waals surface area contributed by atoms with Gasteiger partial charge in [-0.1, -0.05) is 19.1 Å². The first-order valence-electron chi connectivity index (χ1n) is 9.03. The Hall–Kier alpha value is -1.06. The minimum Gasteiger partial charge on any atom is -0.494 e. The Morgan fingerprint density at radius 3 is 2.62 bits per heavy atom.